The SMILES string of the molecule is CCC1(C)CC(NC)c2cc(Cl)cc(Cl)c2O1. The van der Waals surface area contributed by atoms with Gasteiger partial charge in [0, 0.05) is 23.0 Å². The summed E-state index contributed by atoms with van der Waals surface area (Å²) in [6.45, 7) is 4.24. The predicted octanol–water partition coefficient (Wildman–Crippen LogP) is 4.21. The quantitative estimate of drug-likeness (QED) is 0.872. The van der Waals surface area contributed by atoms with Gasteiger partial charge in [-0.1, -0.05) is 30.1 Å². The minimum Gasteiger partial charge on any atom is -0.486 e. The van der Waals surface area contributed by atoms with Gasteiger partial charge in [0.2, 0.25) is 0 Å². The first-order valence-corrected chi connectivity index (χ1v) is 6.60. The van der Waals surface area contributed by atoms with Gasteiger partial charge in [-0.15, -0.1) is 0 Å². The molecule has 0 amide bonds. The van der Waals surface area contributed by atoms with E-state index in [9.17, 15) is 0 Å². The summed E-state index contributed by atoms with van der Waals surface area (Å²) in [6.07, 6.45) is 1.87. The van der Waals surface area contributed by atoms with Crippen molar-refractivity contribution < 1.29 is 4.74 Å². The monoisotopic (exact) mass is 273 g/mol. The number of hydrogen-bond acceptors (Lipinski definition) is 2. The second-order valence-electron chi connectivity index (χ2n) is 4.76. The summed E-state index contributed by atoms with van der Waals surface area (Å²) in [5.41, 5.74) is 0.883. The molecule has 0 saturated heterocycles. The van der Waals surface area contributed by atoms with Gasteiger partial charge in [0.1, 0.15) is 11.4 Å². The van der Waals surface area contributed by atoms with E-state index < -0.39 is 0 Å². The van der Waals surface area contributed by atoms with Crippen LogP contribution in [0.1, 0.15) is 38.3 Å². The molecule has 1 heterocycles. The lowest BCUT2D eigenvalue weighted by molar-refractivity contribution is 0.0456. The maximum atomic E-state index is 6.22. The zero-order valence-electron chi connectivity index (χ0n) is 10.3. The Morgan fingerprint density at radius 3 is 2.76 bits per heavy atom. The minimum absolute atomic E-state index is 0.169. The lowest BCUT2D eigenvalue weighted by Crippen LogP contribution is -2.40. The summed E-state index contributed by atoms with van der Waals surface area (Å²) in [7, 11) is 1.95. The Labute approximate surface area is 112 Å². The van der Waals surface area contributed by atoms with Crippen molar-refractivity contribution in [3.05, 3.63) is 27.7 Å². The predicted molar refractivity (Wildman–Crippen MR) is 72.2 cm³/mol. The first-order chi connectivity index (χ1) is 7.99. The summed E-state index contributed by atoms with van der Waals surface area (Å²) in [4.78, 5) is 0. The van der Waals surface area contributed by atoms with Crippen molar-refractivity contribution in [3.63, 3.8) is 0 Å². The van der Waals surface area contributed by atoms with E-state index in [1.54, 1.807) is 6.07 Å². The van der Waals surface area contributed by atoms with Crippen LogP contribution in [-0.4, -0.2) is 12.6 Å². The Hall–Kier alpha value is -0.440. The van der Waals surface area contributed by atoms with Crippen LogP contribution < -0.4 is 10.1 Å². The Morgan fingerprint density at radius 1 is 1.47 bits per heavy atom. The van der Waals surface area contributed by atoms with Crippen molar-refractivity contribution in [2.75, 3.05) is 7.05 Å². The summed E-state index contributed by atoms with van der Waals surface area (Å²) in [5.74, 6) is 0.769. The lowest BCUT2D eigenvalue weighted by atomic mass is 9.87. The molecular weight excluding hydrogens is 257 g/mol. The Bertz CT molecular complexity index is 436. The maximum absolute atomic E-state index is 6.22. The number of benzene rings is 1. The molecule has 0 aliphatic carbocycles. The van der Waals surface area contributed by atoms with E-state index in [-0.39, 0.29) is 11.6 Å². The molecule has 1 N–H and O–H groups in total. The van der Waals surface area contributed by atoms with E-state index in [1.165, 1.54) is 0 Å². The van der Waals surface area contributed by atoms with E-state index >= 15 is 0 Å². The van der Waals surface area contributed by atoms with Crippen LogP contribution >= 0.6 is 23.2 Å². The molecule has 1 aromatic rings. The second-order valence-corrected chi connectivity index (χ2v) is 5.60. The van der Waals surface area contributed by atoms with Crippen LogP contribution in [0.25, 0.3) is 0 Å². The van der Waals surface area contributed by atoms with Gasteiger partial charge in [0.15, 0.2) is 0 Å². The van der Waals surface area contributed by atoms with Crippen LogP contribution in [-0.2, 0) is 0 Å². The average Bonchev–Trinajstić information content (AvgIpc) is 2.29. The van der Waals surface area contributed by atoms with Crippen molar-refractivity contribution in [2.24, 2.45) is 0 Å². The summed E-state index contributed by atoms with van der Waals surface area (Å²) >= 11 is 12.3. The maximum Gasteiger partial charge on any atom is 0.143 e. The first-order valence-electron chi connectivity index (χ1n) is 5.84. The summed E-state index contributed by atoms with van der Waals surface area (Å²) in [6, 6.07) is 3.90. The molecule has 2 rings (SSSR count). The van der Waals surface area contributed by atoms with Gasteiger partial charge in [0.05, 0.1) is 5.02 Å². The molecule has 1 aliphatic heterocycles. The van der Waals surface area contributed by atoms with Crippen molar-refractivity contribution in [3.8, 4) is 5.75 Å². The highest BCUT2D eigenvalue weighted by Gasteiger charge is 2.36. The number of ether oxygens (including phenoxy) is 1. The smallest absolute Gasteiger partial charge is 0.143 e. The van der Waals surface area contributed by atoms with Crippen LogP contribution in [0.2, 0.25) is 10.0 Å². The fourth-order valence-corrected chi connectivity index (χ4v) is 2.80. The van der Waals surface area contributed by atoms with Crippen LogP contribution in [0.3, 0.4) is 0 Å². The number of rotatable bonds is 2. The third kappa shape index (κ3) is 2.40. The number of halogens is 2. The van der Waals surface area contributed by atoms with Gasteiger partial charge < -0.3 is 10.1 Å². The fraction of sp³-hybridized carbons (Fsp3) is 0.538. The van der Waals surface area contributed by atoms with E-state index in [4.69, 9.17) is 27.9 Å². The number of hydrogen-bond donors (Lipinski definition) is 1. The third-order valence-corrected chi connectivity index (χ3v) is 3.99. The molecule has 0 spiro atoms. The molecule has 0 saturated carbocycles. The van der Waals surface area contributed by atoms with E-state index in [1.807, 2.05) is 13.1 Å². The molecule has 0 aromatic heterocycles. The van der Waals surface area contributed by atoms with Crippen LogP contribution in [0.5, 0.6) is 5.75 Å². The molecule has 1 aromatic carbocycles. The highest BCUT2D eigenvalue weighted by molar-refractivity contribution is 6.35. The van der Waals surface area contributed by atoms with Crippen LogP contribution in [0, 0.1) is 0 Å². The molecule has 17 heavy (non-hydrogen) atoms. The molecule has 0 radical (unpaired) electrons. The van der Waals surface area contributed by atoms with Crippen molar-refractivity contribution >= 4 is 23.2 Å². The zero-order valence-corrected chi connectivity index (χ0v) is 11.8. The molecule has 0 fully saturated rings. The van der Waals surface area contributed by atoms with Gasteiger partial charge in [0.25, 0.3) is 0 Å². The highest BCUT2D eigenvalue weighted by Crippen LogP contribution is 2.45. The van der Waals surface area contributed by atoms with E-state index in [0.717, 1.165) is 24.2 Å². The third-order valence-electron chi connectivity index (χ3n) is 3.49. The summed E-state index contributed by atoms with van der Waals surface area (Å²) < 4.78 is 6.06. The number of fused-ring (bicyclic) bond motifs is 1. The first kappa shape index (κ1) is 13.0. The molecule has 94 valence electrons. The van der Waals surface area contributed by atoms with Crippen molar-refractivity contribution in [1.82, 2.24) is 5.32 Å². The van der Waals surface area contributed by atoms with Crippen molar-refractivity contribution in [1.29, 1.82) is 0 Å². The van der Waals surface area contributed by atoms with Crippen molar-refractivity contribution in [2.45, 2.75) is 38.3 Å². The largest absolute Gasteiger partial charge is 0.486 e. The van der Waals surface area contributed by atoms with Gasteiger partial charge >= 0.3 is 0 Å². The molecule has 1 aliphatic rings. The van der Waals surface area contributed by atoms with Gasteiger partial charge in [-0.25, -0.2) is 0 Å². The molecule has 2 atom stereocenters. The molecule has 2 unspecified atom stereocenters. The number of nitrogens with one attached hydrogen (secondary N) is 1. The zero-order chi connectivity index (χ0) is 12.6. The minimum atomic E-state index is -0.169. The highest BCUT2D eigenvalue weighted by atomic mass is 35.5. The molecule has 0 bridgehead atoms. The van der Waals surface area contributed by atoms with Gasteiger partial charge in [-0.3, -0.25) is 0 Å². The molecule has 2 nitrogen and oxygen atoms in total. The Morgan fingerprint density at radius 2 is 2.18 bits per heavy atom. The van der Waals surface area contributed by atoms with Gasteiger partial charge in [-0.2, -0.15) is 0 Å². The van der Waals surface area contributed by atoms with E-state index in [0.29, 0.717) is 10.0 Å². The van der Waals surface area contributed by atoms with Crippen LogP contribution in [0.15, 0.2) is 12.1 Å². The fourth-order valence-electron chi connectivity index (χ4n) is 2.25. The average molecular weight is 274 g/mol. The normalized spacial score (nSPS) is 27.5. The lowest BCUT2D eigenvalue weighted by Gasteiger charge is -2.40. The standard InChI is InChI=1S/C13H17Cl2NO/c1-4-13(2)7-11(16-3)9-5-8(14)6-10(15)12(9)17-13/h5-6,11,16H,4,7H2,1-3H3. The molecule has 4 heteroatoms. The Balaban J connectivity index is 2.51. The molecular formula is C13H17Cl2NO. The van der Waals surface area contributed by atoms with Gasteiger partial charge in [-0.05, 0) is 32.5 Å². The topological polar surface area (TPSA) is 21.3 Å². The summed E-state index contributed by atoms with van der Waals surface area (Å²) in [5, 5.41) is 4.55. The van der Waals surface area contributed by atoms with E-state index in [2.05, 4.69) is 19.2 Å². The Kier molecular flexibility index (Phi) is 3.58. The van der Waals surface area contributed by atoms with Crippen LogP contribution in [0.4, 0.5) is 0 Å². The second kappa shape index (κ2) is 4.68.